The molecule has 0 fully saturated rings. The van der Waals surface area contributed by atoms with Crippen LogP contribution in [0.15, 0.2) is 61.7 Å². The van der Waals surface area contributed by atoms with E-state index >= 15 is 0 Å². The first kappa shape index (κ1) is 21.1. The van der Waals surface area contributed by atoms with Gasteiger partial charge in [-0.05, 0) is 47.2 Å². The fourth-order valence-corrected chi connectivity index (χ4v) is 2.63. The van der Waals surface area contributed by atoms with E-state index in [2.05, 4.69) is 37.4 Å². The minimum absolute atomic E-state index is 0.628. The molecule has 0 heterocycles. The molecule has 3 nitrogen and oxygen atoms in total. The molecule has 144 valence electrons. The van der Waals surface area contributed by atoms with Crippen LogP contribution in [0.25, 0.3) is 12.2 Å². The molecule has 3 heteroatoms. The molecule has 0 atom stereocenters. The van der Waals surface area contributed by atoms with Gasteiger partial charge in [0, 0.05) is 26.4 Å². The van der Waals surface area contributed by atoms with Gasteiger partial charge in [-0.1, -0.05) is 61.7 Å². The Labute approximate surface area is 163 Å². The molecule has 0 radical (unpaired) electrons. The molecule has 0 aliphatic heterocycles. The summed E-state index contributed by atoms with van der Waals surface area (Å²) in [6.07, 6.45) is 5.49. The van der Waals surface area contributed by atoms with Crippen LogP contribution in [0.5, 0.6) is 0 Å². The maximum atomic E-state index is 5.69. The van der Waals surface area contributed by atoms with E-state index in [0.29, 0.717) is 39.6 Å². The molecule has 0 saturated heterocycles. The summed E-state index contributed by atoms with van der Waals surface area (Å²) in [5, 5.41) is 0. The van der Waals surface area contributed by atoms with Crippen LogP contribution in [0.4, 0.5) is 0 Å². The van der Waals surface area contributed by atoms with Gasteiger partial charge in [0.25, 0.3) is 0 Å². The van der Waals surface area contributed by atoms with E-state index in [0.717, 1.165) is 24.0 Å². The maximum absolute atomic E-state index is 5.69. The summed E-state index contributed by atoms with van der Waals surface area (Å²) >= 11 is 0. The maximum Gasteiger partial charge on any atom is 0.0717 e. The van der Waals surface area contributed by atoms with E-state index in [1.807, 2.05) is 36.4 Å². The van der Waals surface area contributed by atoms with Gasteiger partial charge in [0.2, 0.25) is 0 Å². The van der Waals surface area contributed by atoms with Crippen LogP contribution in [0, 0.1) is 0 Å². The number of ether oxygens (including phenoxy) is 3. The highest BCUT2D eigenvalue weighted by molar-refractivity contribution is 5.48. The Morgan fingerprint density at radius 2 is 1.07 bits per heavy atom. The quantitative estimate of drug-likeness (QED) is 0.413. The van der Waals surface area contributed by atoms with Crippen molar-refractivity contribution in [3.63, 3.8) is 0 Å². The fraction of sp³-hybridized carbons (Fsp3) is 0.333. The van der Waals surface area contributed by atoms with E-state index in [9.17, 15) is 0 Å². The lowest BCUT2D eigenvalue weighted by Gasteiger charge is -2.07. The zero-order chi connectivity index (χ0) is 19.2. The predicted molar refractivity (Wildman–Crippen MR) is 112 cm³/mol. The van der Waals surface area contributed by atoms with Crippen LogP contribution >= 0.6 is 0 Å². The first-order valence-electron chi connectivity index (χ1n) is 9.48. The molecule has 0 saturated carbocycles. The van der Waals surface area contributed by atoms with Crippen molar-refractivity contribution in [1.82, 2.24) is 0 Å². The van der Waals surface area contributed by atoms with Gasteiger partial charge in [-0.15, -0.1) is 0 Å². The van der Waals surface area contributed by atoms with Gasteiger partial charge in [0.1, 0.15) is 0 Å². The van der Waals surface area contributed by atoms with Gasteiger partial charge in [0.15, 0.2) is 0 Å². The van der Waals surface area contributed by atoms with Crippen LogP contribution in [-0.4, -0.2) is 26.4 Å². The molecule has 0 aromatic heterocycles. The Hall–Kier alpha value is -2.20. The van der Waals surface area contributed by atoms with Gasteiger partial charge in [-0.25, -0.2) is 0 Å². The molecular weight excluding hydrogens is 336 g/mol. The van der Waals surface area contributed by atoms with E-state index < -0.39 is 0 Å². The van der Waals surface area contributed by atoms with Crippen LogP contribution in [0.1, 0.15) is 35.1 Å². The Morgan fingerprint density at radius 1 is 0.630 bits per heavy atom. The highest BCUT2D eigenvalue weighted by Gasteiger charge is 1.97. The van der Waals surface area contributed by atoms with Crippen molar-refractivity contribution in [2.24, 2.45) is 0 Å². The molecule has 2 aromatic carbocycles. The molecular formula is C24H30O3. The van der Waals surface area contributed by atoms with Crippen LogP contribution in [0.2, 0.25) is 0 Å². The predicted octanol–water partition coefficient (Wildman–Crippen LogP) is 5.50. The first-order valence-corrected chi connectivity index (χ1v) is 9.48. The fourth-order valence-electron chi connectivity index (χ4n) is 2.63. The van der Waals surface area contributed by atoms with E-state index in [4.69, 9.17) is 14.2 Å². The normalized spacial score (nSPS) is 10.7. The monoisotopic (exact) mass is 366 g/mol. The molecule has 0 N–H and O–H groups in total. The lowest BCUT2D eigenvalue weighted by molar-refractivity contribution is 0.0564. The third-order valence-corrected chi connectivity index (χ3v) is 4.07. The van der Waals surface area contributed by atoms with E-state index in [1.165, 1.54) is 11.1 Å². The summed E-state index contributed by atoms with van der Waals surface area (Å²) in [5.74, 6) is 0. The summed E-state index contributed by atoms with van der Waals surface area (Å²) in [6.45, 7) is 11.7. The van der Waals surface area contributed by atoms with Crippen molar-refractivity contribution in [2.45, 2.75) is 26.1 Å². The Kier molecular flexibility index (Phi) is 10.2. The number of hydrogen-bond acceptors (Lipinski definition) is 3. The van der Waals surface area contributed by atoms with Gasteiger partial charge in [0.05, 0.1) is 13.2 Å². The van der Waals surface area contributed by atoms with Crippen molar-refractivity contribution in [3.8, 4) is 0 Å². The standard InChI is InChI=1S/C24H30O3/c1-3-21-9-5-11-23(17-21)19-26-15-7-13-25-14-8-16-27-20-24-12-6-10-22(4-2)18-24/h3-6,9-12,17-18H,1-2,7-8,13-16,19-20H2. The van der Waals surface area contributed by atoms with Crippen molar-refractivity contribution in [1.29, 1.82) is 0 Å². The first-order chi connectivity index (χ1) is 13.3. The average Bonchev–Trinajstić information content (AvgIpc) is 2.72. The van der Waals surface area contributed by atoms with Gasteiger partial charge >= 0.3 is 0 Å². The SMILES string of the molecule is C=Cc1cccc(COCCCOCCCOCc2cccc(C=C)c2)c1. The smallest absolute Gasteiger partial charge is 0.0717 e. The summed E-state index contributed by atoms with van der Waals surface area (Å²) in [6, 6.07) is 16.4. The van der Waals surface area contributed by atoms with E-state index in [-0.39, 0.29) is 0 Å². The third-order valence-electron chi connectivity index (χ3n) is 4.07. The Balaban J connectivity index is 1.42. The van der Waals surface area contributed by atoms with Gasteiger partial charge in [-0.2, -0.15) is 0 Å². The largest absolute Gasteiger partial charge is 0.381 e. The van der Waals surface area contributed by atoms with Crippen LogP contribution in [0.3, 0.4) is 0 Å². The Bertz CT molecular complexity index is 634. The highest BCUT2D eigenvalue weighted by atomic mass is 16.5. The second kappa shape index (κ2) is 13.0. The van der Waals surface area contributed by atoms with Gasteiger partial charge < -0.3 is 14.2 Å². The van der Waals surface area contributed by atoms with Crippen LogP contribution < -0.4 is 0 Å². The topological polar surface area (TPSA) is 27.7 Å². The molecule has 27 heavy (non-hydrogen) atoms. The molecule has 0 bridgehead atoms. The molecule has 0 aliphatic carbocycles. The average molecular weight is 367 g/mol. The van der Waals surface area contributed by atoms with E-state index in [1.54, 1.807) is 0 Å². The number of benzene rings is 2. The molecule has 2 aromatic rings. The van der Waals surface area contributed by atoms with Crippen molar-refractivity contribution in [3.05, 3.63) is 83.9 Å². The van der Waals surface area contributed by atoms with Crippen LogP contribution in [-0.2, 0) is 27.4 Å². The summed E-state index contributed by atoms with van der Waals surface area (Å²) in [7, 11) is 0. The second-order valence-electron chi connectivity index (χ2n) is 6.32. The minimum Gasteiger partial charge on any atom is -0.381 e. The Morgan fingerprint density at radius 3 is 1.52 bits per heavy atom. The molecule has 0 aliphatic rings. The van der Waals surface area contributed by atoms with Crippen molar-refractivity contribution in [2.75, 3.05) is 26.4 Å². The zero-order valence-electron chi connectivity index (χ0n) is 16.1. The second-order valence-corrected chi connectivity index (χ2v) is 6.32. The van der Waals surface area contributed by atoms with Crippen molar-refractivity contribution < 1.29 is 14.2 Å². The summed E-state index contributed by atoms with van der Waals surface area (Å²) in [5.41, 5.74) is 4.58. The molecule has 2 rings (SSSR count). The van der Waals surface area contributed by atoms with Crippen molar-refractivity contribution >= 4 is 12.2 Å². The third kappa shape index (κ3) is 8.83. The summed E-state index contributed by atoms with van der Waals surface area (Å²) < 4.78 is 17.0. The summed E-state index contributed by atoms with van der Waals surface area (Å²) in [4.78, 5) is 0. The highest BCUT2D eigenvalue weighted by Crippen LogP contribution is 2.09. The number of rotatable bonds is 14. The lowest BCUT2D eigenvalue weighted by Crippen LogP contribution is -2.05. The van der Waals surface area contributed by atoms with Gasteiger partial charge in [-0.3, -0.25) is 0 Å². The number of hydrogen-bond donors (Lipinski definition) is 0. The lowest BCUT2D eigenvalue weighted by atomic mass is 10.1. The molecule has 0 amide bonds. The zero-order valence-corrected chi connectivity index (χ0v) is 16.1. The molecule has 0 unspecified atom stereocenters. The minimum atomic E-state index is 0.628. The molecule has 0 spiro atoms.